The largest absolute Gasteiger partial charge is 0.386 e. The average Bonchev–Trinajstić information content (AvgIpc) is 2.55. The Morgan fingerprint density at radius 3 is 2.52 bits per heavy atom. The fourth-order valence-corrected chi connectivity index (χ4v) is 2.90. The number of nitrogens with two attached hydrogens (primary N) is 1. The van der Waals surface area contributed by atoms with E-state index in [-0.39, 0.29) is 0 Å². The lowest BCUT2D eigenvalue weighted by Crippen LogP contribution is -2.20. The van der Waals surface area contributed by atoms with E-state index < -0.39 is 12.1 Å². The Balaban J connectivity index is 2.06. The van der Waals surface area contributed by atoms with Crippen LogP contribution >= 0.6 is 15.9 Å². The number of fused-ring (bicyclic) bond motifs is 1. The van der Waals surface area contributed by atoms with Gasteiger partial charge in [-0.15, -0.1) is 0 Å². The second kappa shape index (κ2) is 5.93. The molecule has 3 aromatic rings. The molecular weight excluding hydrogens is 328 g/mol. The first-order chi connectivity index (χ1) is 10.2. The van der Waals surface area contributed by atoms with Crippen LogP contribution in [0.3, 0.4) is 0 Å². The number of aromatic nitrogens is 1. The lowest BCUT2D eigenvalue weighted by Gasteiger charge is -2.21. The Kier molecular flexibility index (Phi) is 4.01. The number of rotatable bonds is 3. The van der Waals surface area contributed by atoms with Crippen molar-refractivity contribution < 1.29 is 5.11 Å². The Bertz CT molecular complexity index is 761. The highest BCUT2D eigenvalue weighted by atomic mass is 79.9. The Labute approximate surface area is 131 Å². The molecule has 21 heavy (non-hydrogen) atoms. The van der Waals surface area contributed by atoms with Crippen LogP contribution in [0.1, 0.15) is 23.3 Å². The van der Waals surface area contributed by atoms with Gasteiger partial charge in [-0.3, -0.25) is 4.98 Å². The number of aliphatic hydroxyl groups is 1. The first-order valence-corrected chi connectivity index (χ1v) is 7.49. The summed E-state index contributed by atoms with van der Waals surface area (Å²) in [6.45, 7) is 0. The van der Waals surface area contributed by atoms with E-state index in [0.717, 1.165) is 26.5 Å². The minimum atomic E-state index is -0.808. The number of pyridine rings is 1. The summed E-state index contributed by atoms with van der Waals surface area (Å²) in [7, 11) is 0. The minimum absolute atomic E-state index is 0.488. The van der Waals surface area contributed by atoms with Crippen molar-refractivity contribution in [2.75, 3.05) is 0 Å². The summed E-state index contributed by atoms with van der Waals surface area (Å²) in [6.07, 6.45) is 0.914. The highest BCUT2D eigenvalue weighted by molar-refractivity contribution is 9.10. The van der Waals surface area contributed by atoms with E-state index in [0.29, 0.717) is 0 Å². The molecular formula is C17H15BrN2O. The van der Waals surface area contributed by atoms with Crippen LogP contribution in [0.15, 0.2) is 65.3 Å². The zero-order valence-corrected chi connectivity index (χ0v) is 12.9. The molecule has 0 bridgehead atoms. The zero-order valence-electron chi connectivity index (χ0n) is 11.3. The van der Waals surface area contributed by atoms with Crippen molar-refractivity contribution in [2.24, 2.45) is 5.73 Å². The predicted molar refractivity (Wildman–Crippen MR) is 87.8 cm³/mol. The zero-order chi connectivity index (χ0) is 14.8. The average molecular weight is 343 g/mol. The van der Waals surface area contributed by atoms with Crippen molar-refractivity contribution in [3.63, 3.8) is 0 Å². The summed E-state index contributed by atoms with van der Waals surface area (Å²) in [5.41, 5.74) is 8.62. The van der Waals surface area contributed by atoms with Gasteiger partial charge in [0.25, 0.3) is 0 Å². The first kappa shape index (κ1) is 14.2. The molecule has 4 heteroatoms. The van der Waals surface area contributed by atoms with Gasteiger partial charge in [0, 0.05) is 21.6 Å². The highest BCUT2D eigenvalue weighted by Crippen LogP contribution is 2.33. The molecule has 2 atom stereocenters. The lowest BCUT2D eigenvalue weighted by atomic mass is 9.95. The molecule has 1 heterocycles. The minimum Gasteiger partial charge on any atom is -0.386 e. The normalized spacial score (nSPS) is 14.0. The van der Waals surface area contributed by atoms with Gasteiger partial charge in [0.1, 0.15) is 6.10 Å². The molecule has 2 unspecified atom stereocenters. The van der Waals surface area contributed by atoms with E-state index in [1.165, 1.54) is 0 Å². The summed E-state index contributed by atoms with van der Waals surface area (Å²) in [6, 6.07) is 16.7. The molecule has 2 aromatic carbocycles. The van der Waals surface area contributed by atoms with E-state index in [4.69, 9.17) is 5.73 Å². The van der Waals surface area contributed by atoms with Crippen LogP contribution in [0.25, 0.3) is 10.9 Å². The van der Waals surface area contributed by atoms with Crippen LogP contribution in [0, 0.1) is 0 Å². The monoisotopic (exact) mass is 342 g/mol. The van der Waals surface area contributed by atoms with Gasteiger partial charge in [-0.2, -0.15) is 0 Å². The van der Waals surface area contributed by atoms with Crippen LogP contribution in [0.4, 0.5) is 0 Å². The van der Waals surface area contributed by atoms with Crippen molar-refractivity contribution in [2.45, 2.75) is 12.1 Å². The summed E-state index contributed by atoms with van der Waals surface area (Å²) in [5, 5.41) is 11.6. The van der Waals surface area contributed by atoms with Gasteiger partial charge in [-0.25, -0.2) is 0 Å². The topological polar surface area (TPSA) is 59.1 Å². The van der Waals surface area contributed by atoms with E-state index in [9.17, 15) is 5.11 Å². The SMILES string of the molecule is NC(c1ccccc1)C(O)c1ccc(Br)c2cccnc12. The van der Waals surface area contributed by atoms with Gasteiger partial charge in [-0.05, 0) is 17.7 Å². The fourth-order valence-electron chi connectivity index (χ4n) is 2.45. The van der Waals surface area contributed by atoms with E-state index in [1.807, 2.05) is 54.6 Å². The van der Waals surface area contributed by atoms with Crippen molar-refractivity contribution in [1.29, 1.82) is 0 Å². The molecule has 0 saturated carbocycles. The van der Waals surface area contributed by atoms with Gasteiger partial charge in [0.2, 0.25) is 0 Å². The van der Waals surface area contributed by atoms with E-state index >= 15 is 0 Å². The molecule has 1 aromatic heterocycles. The third kappa shape index (κ3) is 2.70. The molecule has 0 spiro atoms. The van der Waals surface area contributed by atoms with Crippen LogP contribution in [0.5, 0.6) is 0 Å². The van der Waals surface area contributed by atoms with Crippen LogP contribution in [-0.2, 0) is 0 Å². The van der Waals surface area contributed by atoms with E-state index in [2.05, 4.69) is 20.9 Å². The van der Waals surface area contributed by atoms with Gasteiger partial charge in [0.15, 0.2) is 0 Å². The second-order valence-corrected chi connectivity index (χ2v) is 5.77. The summed E-state index contributed by atoms with van der Waals surface area (Å²) in [5.74, 6) is 0. The molecule has 0 saturated heterocycles. The number of aliphatic hydroxyl groups excluding tert-OH is 1. The Morgan fingerprint density at radius 1 is 1.00 bits per heavy atom. The standard InChI is InChI=1S/C17H15BrN2O/c18-14-9-8-13(16-12(14)7-4-10-20-16)17(21)15(19)11-5-2-1-3-6-11/h1-10,15,17,21H,19H2. The fraction of sp³-hybridized carbons (Fsp3) is 0.118. The second-order valence-electron chi connectivity index (χ2n) is 4.92. The quantitative estimate of drug-likeness (QED) is 0.762. The van der Waals surface area contributed by atoms with Crippen LogP contribution in [-0.4, -0.2) is 10.1 Å². The predicted octanol–water partition coefficient (Wildman–Crippen LogP) is 3.73. The smallest absolute Gasteiger partial charge is 0.100 e. The van der Waals surface area contributed by atoms with Gasteiger partial charge >= 0.3 is 0 Å². The number of nitrogens with zero attached hydrogens (tertiary/aromatic N) is 1. The highest BCUT2D eigenvalue weighted by Gasteiger charge is 2.21. The molecule has 0 radical (unpaired) electrons. The maximum absolute atomic E-state index is 10.7. The van der Waals surface area contributed by atoms with Crippen molar-refractivity contribution >= 4 is 26.8 Å². The Hall–Kier alpha value is -1.75. The molecule has 3 nitrogen and oxygen atoms in total. The lowest BCUT2D eigenvalue weighted by molar-refractivity contribution is 0.148. The maximum atomic E-state index is 10.7. The number of halogens is 1. The molecule has 0 aliphatic carbocycles. The summed E-state index contributed by atoms with van der Waals surface area (Å²) in [4.78, 5) is 4.39. The van der Waals surface area contributed by atoms with Gasteiger partial charge < -0.3 is 10.8 Å². The third-order valence-corrected chi connectivity index (χ3v) is 4.28. The van der Waals surface area contributed by atoms with Crippen molar-refractivity contribution in [3.05, 3.63) is 76.4 Å². The summed E-state index contributed by atoms with van der Waals surface area (Å²) >= 11 is 3.51. The molecule has 106 valence electrons. The third-order valence-electron chi connectivity index (χ3n) is 3.59. The van der Waals surface area contributed by atoms with Gasteiger partial charge in [-0.1, -0.05) is 58.4 Å². The molecule has 0 aliphatic heterocycles. The molecule has 3 rings (SSSR count). The molecule has 0 fully saturated rings. The van der Waals surface area contributed by atoms with Gasteiger partial charge in [0.05, 0.1) is 11.6 Å². The number of hydrogen-bond donors (Lipinski definition) is 2. The van der Waals surface area contributed by atoms with Crippen molar-refractivity contribution in [1.82, 2.24) is 4.98 Å². The molecule has 0 aliphatic rings. The van der Waals surface area contributed by atoms with Crippen LogP contribution in [0.2, 0.25) is 0 Å². The molecule has 3 N–H and O–H groups in total. The van der Waals surface area contributed by atoms with Crippen LogP contribution < -0.4 is 5.73 Å². The number of hydrogen-bond acceptors (Lipinski definition) is 3. The summed E-state index contributed by atoms with van der Waals surface area (Å²) < 4.78 is 0.954. The number of benzene rings is 2. The molecule has 0 amide bonds. The maximum Gasteiger partial charge on any atom is 0.100 e. The van der Waals surface area contributed by atoms with E-state index in [1.54, 1.807) is 6.20 Å². The van der Waals surface area contributed by atoms with Crippen molar-refractivity contribution in [3.8, 4) is 0 Å². The Morgan fingerprint density at radius 2 is 1.76 bits per heavy atom. The first-order valence-electron chi connectivity index (χ1n) is 6.70.